The second kappa shape index (κ2) is 20.5. The van der Waals surface area contributed by atoms with Crippen molar-refractivity contribution in [2.75, 3.05) is 33.9 Å². The van der Waals surface area contributed by atoms with Crippen molar-refractivity contribution in [3.05, 3.63) is 121 Å². The largest absolute Gasteiger partial charge is 0.453 e. The van der Waals surface area contributed by atoms with Crippen molar-refractivity contribution in [2.45, 2.75) is 71.5 Å². The molecule has 2 unspecified atom stereocenters. The minimum absolute atomic E-state index is 0.00670. The number of hydrogen-bond donors (Lipinski definition) is 4. The number of imidazole rings is 2. The van der Waals surface area contributed by atoms with Gasteiger partial charge in [0.15, 0.2) is 0 Å². The van der Waals surface area contributed by atoms with Gasteiger partial charge in [-0.05, 0) is 48.6 Å². The third-order valence-electron chi connectivity index (χ3n) is 13.1. The summed E-state index contributed by atoms with van der Waals surface area (Å²) in [6.45, 7) is 9.18. The van der Waals surface area contributed by atoms with Crippen molar-refractivity contribution in [2.24, 2.45) is 17.8 Å². The number of benzene rings is 4. The van der Waals surface area contributed by atoms with Gasteiger partial charge in [-0.3, -0.25) is 9.59 Å². The molecule has 2 aromatic heterocycles. The summed E-state index contributed by atoms with van der Waals surface area (Å²) in [5.74, 6) is 0.740. The molecule has 348 valence electrons. The smallest absolute Gasteiger partial charge is 0.407 e. The number of alkyl carbamates (subject to hydrolysis) is 2. The van der Waals surface area contributed by atoms with Crippen LogP contribution in [0.5, 0.6) is 0 Å². The lowest BCUT2D eigenvalue weighted by Gasteiger charge is -2.30. The van der Waals surface area contributed by atoms with E-state index in [1.807, 2.05) is 98.2 Å². The number of nitrogens with one attached hydrogen (secondary N) is 4. The molecular formula is C53H60N8O6. The Bertz CT molecular complexity index is 2660. The summed E-state index contributed by atoms with van der Waals surface area (Å²) in [7, 11) is 2.61. The number of rotatable bonds is 14. The third-order valence-corrected chi connectivity index (χ3v) is 13.1. The molecule has 0 spiro atoms. The van der Waals surface area contributed by atoms with Crippen molar-refractivity contribution in [3.63, 3.8) is 0 Å². The van der Waals surface area contributed by atoms with E-state index in [2.05, 4.69) is 69.1 Å². The molecule has 2 saturated heterocycles. The molecule has 4 atom stereocenters. The molecule has 6 aromatic rings. The Hall–Kier alpha value is -7.22. The second-order valence-electron chi connectivity index (χ2n) is 18.0. The molecule has 67 heavy (non-hydrogen) atoms. The number of likely N-dealkylation sites (tertiary alicyclic amines) is 2. The maximum atomic E-state index is 14.1. The first kappa shape index (κ1) is 46.3. The highest BCUT2D eigenvalue weighted by Gasteiger charge is 2.39. The number of carbonyl (C=O) groups is 4. The monoisotopic (exact) mass is 904 g/mol. The molecule has 2 aliphatic rings. The van der Waals surface area contributed by atoms with Gasteiger partial charge in [-0.15, -0.1) is 0 Å². The number of aromatic amines is 2. The minimum atomic E-state index is -0.728. The number of methoxy groups -OCH3 is 2. The maximum Gasteiger partial charge on any atom is 0.407 e. The van der Waals surface area contributed by atoms with Gasteiger partial charge in [0, 0.05) is 41.9 Å². The molecule has 0 aliphatic carbocycles. The van der Waals surface area contributed by atoms with Gasteiger partial charge in [0.05, 0.1) is 55.0 Å². The highest BCUT2D eigenvalue weighted by molar-refractivity contribution is 5.87. The SMILES string of the molecule is COC(=O)NC[C@H](C(=O)N1CCCC1c1nc(-c2ccccc2)c(-c2ccc(-c3ccc(-c4[nH]c(C5CCCN5C(=O)[C@@H](NC(=O)OC)C(C)C)nc4-c4ccccc4)cc3)cc2)[nH]1)C(C)C. The van der Waals surface area contributed by atoms with Crippen molar-refractivity contribution in [1.29, 1.82) is 0 Å². The average Bonchev–Trinajstić information content (AvgIpc) is 4.20. The molecule has 4 amide bonds. The molecule has 4 N–H and O–H groups in total. The Morgan fingerprint density at radius 3 is 1.43 bits per heavy atom. The fourth-order valence-electron chi connectivity index (χ4n) is 9.38. The topological polar surface area (TPSA) is 175 Å². The van der Waals surface area contributed by atoms with Crippen molar-refractivity contribution in [1.82, 2.24) is 40.4 Å². The standard InChI is InChI=1S/C53H60N8O6/c1-32(2)40(31-54-52(64)66-5)50(62)60-29-13-19-41(60)48-55-44(36-15-9-7-10-16-36)46(57-48)38-25-21-34(22-26-38)35-23-27-39(28-24-35)47-45(37-17-11-8-12-18-37)56-49(58-47)42-20-14-30-61(42)51(63)43(33(3)4)59-53(65)67-6/h7-12,15-18,21-28,32-33,40-43H,13-14,19-20,29-31H2,1-6H3,(H,54,64)(H,55,57)(H,56,58)(H,59,65)/t40-,41?,42?,43-/m0/s1. The maximum absolute atomic E-state index is 14.1. The number of amides is 4. The van der Waals surface area contributed by atoms with Crippen molar-refractivity contribution in [3.8, 4) is 56.2 Å². The fourth-order valence-corrected chi connectivity index (χ4v) is 9.38. The van der Waals surface area contributed by atoms with Crippen LogP contribution in [0.15, 0.2) is 109 Å². The highest BCUT2D eigenvalue weighted by atomic mass is 16.5. The van der Waals surface area contributed by atoms with E-state index < -0.39 is 24.1 Å². The number of ether oxygens (including phenoxy) is 2. The van der Waals surface area contributed by atoms with E-state index in [1.54, 1.807) is 0 Å². The first-order valence-corrected chi connectivity index (χ1v) is 23.2. The Kier molecular flexibility index (Phi) is 14.2. The zero-order valence-electron chi connectivity index (χ0n) is 39.0. The summed E-state index contributed by atoms with van der Waals surface area (Å²) in [6, 6.07) is 35.7. The normalized spacial score (nSPS) is 16.8. The predicted octanol–water partition coefficient (Wildman–Crippen LogP) is 9.80. The van der Waals surface area contributed by atoms with E-state index in [9.17, 15) is 19.2 Å². The summed E-state index contributed by atoms with van der Waals surface area (Å²) in [5.41, 5.74) is 9.28. The Labute approximate surface area is 391 Å². The van der Waals surface area contributed by atoms with Crippen LogP contribution in [0.4, 0.5) is 9.59 Å². The zero-order valence-corrected chi connectivity index (χ0v) is 39.0. The van der Waals surface area contributed by atoms with E-state index in [4.69, 9.17) is 19.4 Å². The van der Waals surface area contributed by atoms with E-state index in [0.29, 0.717) is 18.9 Å². The van der Waals surface area contributed by atoms with Gasteiger partial charge in [0.25, 0.3) is 0 Å². The molecule has 0 bridgehead atoms. The first-order chi connectivity index (χ1) is 32.4. The van der Waals surface area contributed by atoms with Crippen LogP contribution in [0, 0.1) is 17.8 Å². The highest BCUT2D eigenvalue weighted by Crippen LogP contribution is 2.40. The Morgan fingerprint density at radius 1 is 0.582 bits per heavy atom. The molecule has 2 aliphatic heterocycles. The quantitative estimate of drug-likeness (QED) is 0.0836. The number of nitrogens with zero attached hydrogens (tertiary/aromatic N) is 4. The Morgan fingerprint density at radius 2 is 1.01 bits per heavy atom. The van der Waals surface area contributed by atoms with Crippen LogP contribution in [-0.2, 0) is 19.1 Å². The van der Waals surface area contributed by atoms with Crippen LogP contribution in [-0.4, -0.2) is 93.6 Å². The first-order valence-electron chi connectivity index (χ1n) is 23.2. The van der Waals surface area contributed by atoms with E-state index in [0.717, 1.165) is 87.7 Å². The van der Waals surface area contributed by atoms with Gasteiger partial charge in [0.1, 0.15) is 17.7 Å². The average molecular weight is 905 g/mol. The number of H-pyrrole nitrogens is 2. The number of carbonyl (C=O) groups excluding carboxylic acids is 4. The van der Waals surface area contributed by atoms with Crippen LogP contribution in [0.2, 0.25) is 0 Å². The Balaban J connectivity index is 1.06. The summed E-state index contributed by atoms with van der Waals surface area (Å²) < 4.78 is 9.62. The molecule has 14 nitrogen and oxygen atoms in total. The molecule has 8 rings (SSSR count). The fraction of sp³-hybridized carbons (Fsp3) is 0.358. The molecule has 0 radical (unpaired) electrons. The number of aromatic nitrogens is 4. The summed E-state index contributed by atoms with van der Waals surface area (Å²) in [6.07, 6.45) is 1.99. The van der Waals surface area contributed by atoms with Crippen LogP contribution in [0.1, 0.15) is 77.1 Å². The zero-order chi connectivity index (χ0) is 47.2. The van der Waals surface area contributed by atoms with Gasteiger partial charge in [0.2, 0.25) is 11.8 Å². The lowest BCUT2D eigenvalue weighted by Crippen LogP contribution is -2.51. The van der Waals surface area contributed by atoms with E-state index in [1.165, 1.54) is 14.2 Å². The molecule has 14 heteroatoms. The van der Waals surface area contributed by atoms with Crippen molar-refractivity contribution >= 4 is 24.0 Å². The van der Waals surface area contributed by atoms with E-state index in [-0.39, 0.29) is 42.3 Å². The van der Waals surface area contributed by atoms with E-state index >= 15 is 0 Å². The minimum Gasteiger partial charge on any atom is -0.453 e. The summed E-state index contributed by atoms with van der Waals surface area (Å²) in [4.78, 5) is 73.6. The van der Waals surface area contributed by atoms with Gasteiger partial charge >= 0.3 is 12.2 Å². The van der Waals surface area contributed by atoms with Gasteiger partial charge in [-0.2, -0.15) is 0 Å². The lowest BCUT2D eigenvalue weighted by molar-refractivity contribution is -0.138. The van der Waals surface area contributed by atoms with Gasteiger partial charge in [-0.25, -0.2) is 19.6 Å². The van der Waals surface area contributed by atoms with Gasteiger partial charge < -0.3 is 39.9 Å². The molecule has 2 fully saturated rings. The van der Waals surface area contributed by atoms with Crippen LogP contribution in [0.3, 0.4) is 0 Å². The van der Waals surface area contributed by atoms with Crippen molar-refractivity contribution < 1.29 is 28.7 Å². The molecule has 4 heterocycles. The van der Waals surface area contributed by atoms with Gasteiger partial charge in [-0.1, -0.05) is 137 Å². The summed E-state index contributed by atoms with van der Waals surface area (Å²) in [5, 5.41) is 5.47. The molecule has 0 saturated carbocycles. The lowest BCUT2D eigenvalue weighted by atomic mass is 9.94. The third kappa shape index (κ3) is 9.98. The van der Waals surface area contributed by atoms with Crippen LogP contribution in [0.25, 0.3) is 56.2 Å². The van der Waals surface area contributed by atoms with Crippen LogP contribution >= 0.6 is 0 Å². The predicted molar refractivity (Wildman–Crippen MR) is 258 cm³/mol. The van der Waals surface area contributed by atoms with Crippen LogP contribution < -0.4 is 10.6 Å². The number of hydrogen-bond acceptors (Lipinski definition) is 8. The molecule has 4 aromatic carbocycles. The second-order valence-corrected chi connectivity index (χ2v) is 18.0. The summed E-state index contributed by atoms with van der Waals surface area (Å²) >= 11 is 0. The molecular weight excluding hydrogens is 845 g/mol.